The molecule has 0 bridgehead atoms. The summed E-state index contributed by atoms with van der Waals surface area (Å²) < 4.78 is 0. The summed E-state index contributed by atoms with van der Waals surface area (Å²) in [6, 6.07) is 10.8. The van der Waals surface area contributed by atoms with Gasteiger partial charge in [-0.2, -0.15) is 5.26 Å². The van der Waals surface area contributed by atoms with Crippen molar-refractivity contribution in [3.8, 4) is 6.07 Å². The maximum absolute atomic E-state index is 9.39. The molecule has 2 fully saturated rings. The molecule has 0 radical (unpaired) electrons. The van der Waals surface area contributed by atoms with Crippen LogP contribution >= 0.6 is 12.2 Å². The summed E-state index contributed by atoms with van der Waals surface area (Å²) in [7, 11) is 0. The lowest BCUT2D eigenvalue weighted by atomic mass is 9.60. The van der Waals surface area contributed by atoms with Gasteiger partial charge in [0.15, 0.2) is 0 Å². The second-order valence-corrected chi connectivity index (χ2v) is 7.93. The zero-order valence-corrected chi connectivity index (χ0v) is 17.8. The predicted octanol–water partition coefficient (Wildman–Crippen LogP) is 6.65. The smallest absolute Gasteiger partial charge is 0.0991 e. The lowest BCUT2D eigenvalue weighted by Gasteiger charge is -2.42. The van der Waals surface area contributed by atoms with Crippen LogP contribution in [-0.2, 0) is 5.41 Å². The second-order valence-electron chi connectivity index (χ2n) is 7.52. The van der Waals surface area contributed by atoms with Crippen molar-refractivity contribution in [3.05, 3.63) is 106 Å². The minimum Gasteiger partial charge on any atom is -0.192 e. The predicted molar refractivity (Wildman–Crippen MR) is 122 cm³/mol. The Kier molecular flexibility index (Phi) is 5.24. The number of allylic oxidation sites excluding steroid dienone is 10. The van der Waals surface area contributed by atoms with E-state index in [0.717, 1.165) is 21.6 Å². The standard InChI is InChI=1S/C22H17NS.C4H8/c1-12(2)9-15(11-23)10-17-14(4)22(16-7-5-13(3)6-8-16)20-18(17)19(20)21(22)24;1-3-4-2/h5-10,20H,1,4H2,2-3H3;3-4H,1-2H3/b15-9+,17-10+;4-3-. The van der Waals surface area contributed by atoms with Crippen LogP contribution in [0.5, 0.6) is 0 Å². The Morgan fingerprint density at radius 1 is 1.18 bits per heavy atom. The van der Waals surface area contributed by atoms with Crippen LogP contribution in [0.25, 0.3) is 0 Å². The first kappa shape index (κ1) is 20.0. The Balaban J connectivity index is 0.000000516. The lowest BCUT2D eigenvalue weighted by molar-refractivity contribution is 0.608. The number of hydrogen-bond donors (Lipinski definition) is 0. The van der Waals surface area contributed by atoms with E-state index in [1.807, 2.05) is 45.1 Å². The zero-order valence-electron chi connectivity index (χ0n) is 17.0. The fourth-order valence-electron chi connectivity index (χ4n) is 4.14. The van der Waals surface area contributed by atoms with E-state index >= 15 is 0 Å². The minimum atomic E-state index is -0.247. The van der Waals surface area contributed by atoms with Crippen LogP contribution in [0.3, 0.4) is 0 Å². The molecule has 2 unspecified atom stereocenters. The average Bonchev–Trinajstić information content (AvgIpc) is 3.31. The number of aryl methyl sites for hydroxylation is 1. The van der Waals surface area contributed by atoms with Gasteiger partial charge in [0.25, 0.3) is 0 Å². The molecule has 0 N–H and O–H groups in total. The fourth-order valence-corrected chi connectivity index (χ4v) is 4.73. The Bertz CT molecular complexity index is 1050. The molecular weight excluding hydrogens is 358 g/mol. The Morgan fingerprint density at radius 3 is 2.29 bits per heavy atom. The van der Waals surface area contributed by atoms with Gasteiger partial charge >= 0.3 is 0 Å². The van der Waals surface area contributed by atoms with E-state index in [-0.39, 0.29) is 5.41 Å². The third kappa shape index (κ3) is 2.79. The lowest BCUT2D eigenvalue weighted by Crippen LogP contribution is -2.46. The van der Waals surface area contributed by atoms with E-state index in [2.05, 4.69) is 50.4 Å². The molecule has 140 valence electrons. The Morgan fingerprint density at radius 2 is 1.79 bits per heavy atom. The molecule has 2 saturated carbocycles. The van der Waals surface area contributed by atoms with Gasteiger partial charge in [0.1, 0.15) is 0 Å². The molecule has 2 atom stereocenters. The molecule has 3 aliphatic carbocycles. The maximum atomic E-state index is 9.39. The highest BCUT2D eigenvalue weighted by molar-refractivity contribution is 7.81. The highest BCUT2D eigenvalue weighted by atomic mass is 32.1. The molecule has 1 aromatic rings. The number of rotatable bonds is 3. The third-order valence-electron chi connectivity index (χ3n) is 5.58. The summed E-state index contributed by atoms with van der Waals surface area (Å²) in [5.41, 5.74) is 8.42. The Labute approximate surface area is 173 Å². The summed E-state index contributed by atoms with van der Waals surface area (Å²) >= 11 is 5.73. The van der Waals surface area contributed by atoms with Crippen LogP contribution in [0.4, 0.5) is 0 Å². The molecule has 0 heterocycles. The van der Waals surface area contributed by atoms with Gasteiger partial charge in [0, 0.05) is 10.8 Å². The van der Waals surface area contributed by atoms with Crippen LogP contribution in [-0.4, -0.2) is 4.86 Å². The Hall–Kier alpha value is -2.76. The van der Waals surface area contributed by atoms with E-state index in [1.165, 1.54) is 22.3 Å². The molecule has 0 amide bonds. The highest BCUT2D eigenvalue weighted by Crippen LogP contribution is 2.77. The third-order valence-corrected chi connectivity index (χ3v) is 6.12. The van der Waals surface area contributed by atoms with Crippen molar-refractivity contribution in [2.75, 3.05) is 0 Å². The molecule has 1 aromatic carbocycles. The number of nitriles is 1. The van der Waals surface area contributed by atoms with Gasteiger partial charge in [-0.15, -0.1) is 0 Å². The molecule has 4 rings (SSSR count). The molecule has 0 aliphatic heterocycles. The van der Waals surface area contributed by atoms with Crippen LogP contribution in [0.1, 0.15) is 31.9 Å². The monoisotopic (exact) mass is 383 g/mol. The van der Waals surface area contributed by atoms with Crippen LogP contribution < -0.4 is 0 Å². The number of nitrogens with zero attached hydrogens (tertiary/aromatic N) is 1. The molecule has 0 spiro atoms. The summed E-state index contributed by atoms with van der Waals surface area (Å²) in [5.74, 6) is 0.385. The molecule has 1 nitrogen and oxygen atoms in total. The van der Waals surface area contributed by atoms with Crippen molar-refractivity contribution in [2.45, 2.75) is 33.1 Å². The number of hydrogen-bond acceptors (Lipinski definition) is 2. The molecule has 0 aromatic heterocycles. The molecular formula is C26H25NS. The summed E-state index contributed by atoms with van der Waals surface area (Å²) in [4.78, 5) is 1.02. The van der Waals surface area contributed by atoms with Gasteiger partial charge in [0.05, 0.1) is 17.1 Å². The van der Waals surface area contributed by atoms with Crippen LogP contribution in [0, 0.1) is 24.2 Å². The van der Waals surface area contributed by atoms with Gasteiger partial charge < -0.3 is 0 Å². The van der Waals surface area contributed by atoms with E-state index in [9.17, 15) is 5.26 Å². The van der Waals surface area contributed by atoms with Crippen molar-refractivity contribution < 1.29 is 0 Å². The first-order valence-electron chi connectivity index (χ1n) is 9.46. The van der Waals surface area contributed by atoms with E-state index < -0.39 is 0 Å². The first-order chi connectivity index (χ1) is 13.3. The molecule has 3 aliphatic rings. The topological polar surface area (TPSA) is 23.8 Å². The van der Waals surface area contributed by atoms with Gasteiger partial charge in [-0.05, 0) is 67.7 Å². The zero-order chi connectivity index (χ0) is 20.6. The number of thiocarbonyl (C=S) groups is 1. The van der Waals surface area contributed by atoms with Gasteiger partial charge in [-0.25, -0.2) is 0 Å². The van der Waals surface area contributed by atoms with Gasteiger partial charge in [-0.1, -0.05) is 72.9 Å². The largest absolute Gasteiger partial charge is 0.192 e. The normalized spacial score (nSPS) is 25.9. The molecule has 0 saturated heterocycles. The maximum Gasteiger partial charge on any atom is 0.0991 e. The quantitative estimate of drug-likeness (QED) is 0.253. The van der Waals surface area contributed by atoms with E-state index in [1.54, 1.807) is 0 Å². The van der Waals surface area contributed by atoms with Gasteiger partial charge in [0.2, 0.25) is 0 Å². The van der Waals surface area contributed by atoms with Gasteiger partial charge in [-0.3, -0.25) is 0 Å². The summed E-state index contributed by atoms with van der Waals surface area (Å²) in [5, 5.41) is 9.39. The minimum absolute atomic E-state index is 0.247. The molecule has 2 heteroatoms. The average molecular weight is 384 g/mol. The van der Waals surface area contributed by atoms with Crippen molar-refractivity contribution in [1.82, 2.24) is 0 Å². The van der Waals surface area contributed by atoms with Crippen LogP contribution in [0.2, 0.25) is 0 Å². The van der Waals surface area contributed by atoms with Crippen molar-refractivity contribution in [1.29, 1.82) is 5.26 Å². The van der Waals surface area contributed by atoms with E-state index in [4.69, 9.17) is 12.2 Å². The number of benzene rings is 1. The first-order valence-corrected chi connectivity index (χ1v) is 9.87. The summed E-state index contributed by atoms with van der Waals surface area (Å²) in [6.45, 7) is 16.2. The van der Waals surface area contributed by atoms with Crippen molar-refractivity contribution in [2.24, 2.45) is 5.92 Å². The van der Waals surface area contributed by atoms with Crippen LogP contribution in [0.15, 0.2) is 95.2 Å². The SMILES string of the molecule is C/C=C\C.C=C(C)/C=C(C#N)\C=C1/C(=C)C2(c3ccc(C)cc3)C(=S)C3=C1C32. The fraction of sp³-hybridized carbons (Fsp3) is 0.231. The highest BCUT2D eigenvalue weighted by Gasteiger charge is 2.74. The molecule has 28 heavy (non-hydrogen) atoms. The summed E-state index contributed by atoms with van der Waals surface area (Å²) in [6.07, 6.45) is 7.76. The van der Waals surface area contributed by atoms with Crippen molar-refractivity contribution >= 4 is 17.1 Å². The van der Waals surface area contributed by atoms with Crippen molar-refractivity contribution in [3.63, 3.8) is 0 Å². The second kappa shape index (κ2) is 7.34. The van der Waals surface area contributed by atoms with E-state index in [0.29, 0.717) is 11.5 Å².